The third kappa shape index (κ3) is 3.25. The Hall–Kier alpha value is -2.41. The average Bonchev–Trinajstić information content (AvgIpc) is 2.77. The van der Waals surface area contributed by atoms with E-state index in [9.17, 15) is 14.4 Å². The van der Waals surface area contributed by atoms with E-state index in [1.54, 1.807) is 31.2 Å². The van der Waals surface area contributed by atoms with Crippen LogP contribution in [0.15, 0.2) is 24.3 Å². The second kappa shape index (κ2) is 6.57. The molecule has 22 heavy (non-hydrogen) atoms. The molecule has 0 aliphatic carbocycles. The van der Waals surface area contributed by atoms with Gasteiger partial charge in [-0.25, -0.2) is 4.79 Å². The van der Waals surface area contributed by atoms with E-state index in [2.05, 4.69) is 21.3 Å². The van der Waals surface area contributed by atoms with Crippen molar-refractivity contribution in [3.05, 3.63) is 35.4 Å². The maximum absolute atomic E-state index is 11.9. The van der Waals surface area contributed by atoms with Crippen LogP contribution in [-0.2, 0) is 10.3 Å². The summed E-state index contributed by atoms with van der Waals surface area (Å²) in [5.74, 6) is -0.574. The topological polar surface area (TPSA) is 99.3 Å². The number of rotatable bonds is 6. The molecule has 1 unspecified atom stereocenters. The van der Waals surface area contributed by atoms with E-state index in [1.165, 1.54) is 0 Å². The molecule has 0 aromatic heterocycles. The van der Waals surface area contributed by atoms with Crippen LogP contribution in [0.2, 0.25) is 0 Å². The van der Waals surface area contributed by atoms with Crippen LogP contribution >= 0.6 is 0 Å². The second-order valence-electron chi connectivity index (χ2n) is 5.22. The Kier molecular flexibility index (Phi) is 4.77. The van der Waals surface area contributed by atoms with Crippen molar-refractivity contribution >= 4 is 17.8 Å². The lowest BCUT2D eigenvalue weighted by Gasteiger charge is -2.21. The molecule has 1 atom stereocenters. The molecule has 0 radical (unpaired) electrons. The van der Waals surface area contributed by atoms with Crippen molar-refractivity contribution < 1.29 is 14.4 Å². The lowest BCUT2D eigenvalue weighted by Crippen LogP contribution is -2.40. The largest absolute Gasteiger partial charge is 0.351 e. The molecule has 2 rings (SSSR count). The molecular formula is C15H20N4O3. The van der Waals surface area contributed by atoms with E-state index in [-0.39, 0.29) is 5.91 Å². The molecule has 118 valence electrons. The van der Waals surface area contributed by atoms with Gasteiger partial charge in [0, 0.05) is 18.7 Å². The number of hydrogen-bond acceptors (Lipinski definition) is 4. The average molecular weight is 304 g/mol. The predicted molar refractivity (Wildman–Crippen MR) is 81.3 cm³/mol. The summed E-state index contributed by atoms with van der Waals surface area (Å²) in [6, 6.07) is 6.11. The SMILES string of the molecule is CCNCCNC(=O)c1ccc(C2(C)NC(=O)NC2=O)cc1. The molecule has 0 bridgehead atoms. The lowest BCUT2D eigenvalue weighted by atomic mass is 9.91. The van der Waals surface area contributed by atoms with Gasteiger partial charge >= 0.3 is 6.03 Å². The van der Waals surface area contributed by atoms with Gasteiger partial charge in [0.25, 0.3) is 11.8 Å². The minimum atomic E-state index is -1.10. The first-order chi connectivity index (χ1) is 10.5. The number of amides is 4. The van der Waals surface area contributed by atoms with Crippen molar-refractivity contribution in [3.8, 4) is 0 Å². The molecule has 0 saturated carbocycles. The zero-order valence-corrected chi connectivity index (χ0v) is 12.7. The summed E-state index contributed by atoms with van der Waals surface area (Å²) < 4.78 is 0. The number of carbonyl (C=O) groups excluding carboxylic acids is 3. The van der Waals surface area contributed by atoms with Crippen molar-refractivity contribution in [1.82, 2.24) is 21.3 Å². The van der Waals surface area contributed by atoms with Crippen molar-refractivity contribution in [3.63, 3.8) is 0 Å². The number of nitrogens with one attached hydrogen (secondary N) is 4. The van der Waals surface area contributed by atoms with Gasteiger partial charge in [0.2, 0.25) is 0 Å². The van der Waals surface area contributed by atoms with Crippen molar-refractivity contribution in [1.29, 1.82) is 0 Å². The fraction of sp³-hybridized carbons (Fsp3) is 0.400. The number of benzene rings is 1. The summed E-state index contributed by atoms with van der Waals surface area (Å²) >= 11 is 0. The third-order valence-electron chi connectivity index (χ3n) is 3.61. The fourth-order valence-corrected chi connectivity index (χ4v) is 2.24. The Morgan fingerprint density at radius 2 is 1.86 bits per heavy atom. The highest BCUT2D eigenvalue weighted by molar-refractivity contribution is 6.07. The molecule has 1 fully saturated rings. The monoisotopic (exact) mass is 304 g/mol. The molecule has 1 aromatic carbocycles. The van der Waals surface area contributed by atoms with Crippen LogP contribution in [0, 0.1) is 0 Å². The Balaban J connectivity index is 2.03. The van der Waals surface area contributed by atoms with Gasteiger partial charge in [0.05, 0.1) is 0 Å². The zero-order chi connectivity index (χ0) is 16.2. The smallest absolute Gasteiger partial charge is 0.322 e. The maximum atomic E-state index is 11.9. The number of carbonyl (C=O) groups is 3. The van der Waals surface area contributed by atoms with Gasteiger partial charge in [-0.3, -0.25) is 14.9 Å². The summed E-state index contributed by atoms with van der Waals surface area (Å²) in [6.07, 6.45) is 0. The fourth-order valence-electron chi connectivity index (χ4n) is 2.24. The van der Waals surface area contributed by atoms with Gasteiger partial charge in [0.15, 0.2) is 0 Å². The Labute approximate surface area is 128 Å². The van der Waals surface area contributed by atoms with Gasteiger partial charge in [-0.1, -0.05) is 19.1 Å². The normalized spacial score (nSPS) is 20.5. The molecule has 1 saturated heterocycles. The van der Waals surface area contributed by atoms with E-state index in [0.717, 1.165) is 6.54 Å². The Morgan fingerprint density at radius 1 is 1.18 bits per heavy atom. The number of imide groups is 1. The highest BCUT2D eigenvalue weighted by Crippen LogP contribution is 2.24. The van der Waals surface area contributed by atoms with Crippen LogP contribution in [0.5, 0.6) is 0 Å². The van der Waals surface area contributed by atoms with Gasteiger partial charge in [-0.2, -0.15) is 0 Å². The van der Waals surface area contributed by atoms with Crippen LogP contribution in [0.25, 0.3) is 0 Å². The highest BCUT2D eigenvalue weighted by atomic mass is 16.2. The first-order valence-corrected chi connectivity index (χ1v) is 7.20. The molecule has 7 heteroatoms. The maximum Gasteiger partial charge on any atom is 0.322 e. The highest BCUT2D eigenvalue weighted by Gasteiger charge is 2.43. The molecule has 1 aliphatic heterocycles. The lowest BCUT2D eigenvalue weighted by molar-refractivity contribution is -0.123. The molecule has 1 heterocycles. The second-order valence-corrected chi connectivity index (χ2v) is 5.22. The van der Waals surface area contributed by atoms with Crippen molar-refractivity contribution in [2.45, 2.75) is 19.4 Å². The minimum absolute atomic E-state index is 0.172. The number of hydrogen-bond donors (Lipinski definition) is 4. The number of likely N-dealkylation sites (N-methyl/N-ethyl adjacent to an activating group) is 1. The van der Waals surface area contributed by atoms with Crippen molar-refractivity contribution in [2.75, 3.05) is 19.6 Å². The molecule has 1 aliphatic rings. The molecule has 1 aromatic rings. The van der Waals surface area contributed by atoms with Gasteiger partial charge in [-0.15, -0.1) is 0 Å². The standard InChI is InChI=1S/C15H20N4O3/c1-3-16-8-9-17-12(20)10-4-6-11(7-5-10)15(2)13(21)18-14(22)19-15/h4-7,16H,3,8-9H2,1-2H3,(H,17,20)(H2,18,19,21,22). The Morgan fingerprint density at radius 3 is 2.41 bits per heavy atom. The van der Waals surface area contributed by atoms with Crippen LogP contribution in [0.4, 0.5) is 4.79 Å². The summed E-state index contributed by atoms with van der Waals surface area (Å²) in [5, 5.41) is 10.7. The van der Waals surface area contributed by atoms with E-state index >= 15 is 0 Å². The first-order valence-electron chi connectivity index (χ1n) is 7.20. The molecule has 7 nitrogen and oxygen atoms in total. The molecule has 4 N–H and O–H groups in total. The van der Waals surface area contributed by atoms with E-state index in [1.807, 2.05) is 6.92 Å². The van der Waals surface area contributed by atoms with Gasteiger partial charge in [-0.05, 0) is 31.2 Å². The minimum Gasteiger partial charge on any atom is -0.351 e. The molecule has 0 spiro atoms. The van der Waals surface area contributed by atoms with Gasteiger partial charge < -0.3 is 16.0 Å². The van der Waals surface area contributed by atoms with Crippen molar-refractivity contribution in [2.24, 2.45) is 0 Å². The summed E-state index contributed by atoms with van der Waals surface area (Å²) in [5.41, 5.74) is 0.0329. The third-order valence-corrected chi connectivity index (χ3v) is 3.61. The van der Waals surface area contributed by atoms with Crippen LogP contribution in [0.1, 0.15) is 29.8 Å². The summed E-state index contributed by atoms with van der Waals surface area (Å²) in [6.45, 7) is 5.74. The molecular weight excluding hydrogens is 284 g/mol. The summed E-state index contributed by atoms with van der Waals surface area (Å²) in [4.78, 5) is 35.1. The van der Waals surface area contributed by atoms with Crippen LogP contribution < -0.4 is 21.3 Å². The first kappa shape index (κ1) is 16.0. The van der Waals surface area contributed by atoms with Crippen LogP contribution in [0.3, 0.4) is 0 Å². The Bertz CT molecular complexity index is 585. The number of urea groups is 1. The summed E-state index contributed by atoms with van der Waals surface area (Å²) in [7, 11) is 0. The van der Waals surface area contributed by atoms with Gasteiger partial charge in [0.1, 0.15) is 5.54 Å². The van der Waals surface area contributed by atoms with E-state index in [4.69, 9.17) is 0 Å². The quantitative estimate of drug-likeness (QED) is 0.442. The van der Waals surface area contributed by atoms with E-state index in [0.29, 0.717) is 24.2 Å². The molecule has 4 amide bonds. The van der Waals surface area contributed by atoms with Crippen LogP contribution in [-0.4, -0.2) is 37.5 Å². The zero-order valence-electron chi connectivity index (χ0n) is 12.7. The predicted octanol–water partition coefficient (Wildman–Crippen LogP) is 0.0805. The van der Waals surface area contributed by atoms with E-state index < -0.39 is 17.5 Å².